The highest BCUT2D eigenvalue weighted by molar-refractivity contribution is 5.84. The van der Waals surface area contributed by atoms with Crippen LogP contribution in [-0.2, 0) is 20.7 Å². The van der Waals surface area contributed by atoms with Crippen molar-refractivity contribution in [3.8, 4) is 0 Å². The van der Waals surface area contributed by atoms with Gasteiger partial charge in [-0.1, -0.05) is 27.7 Å². The molecule has 0 radical (unpaired) electrons. The van der Waals surface area contributed by atoms with E-state index in [9.17, 15) is 9.59 Å². The second-order valence-electron chi connectivity index (χ2n) is 7.76. The van der Waals surface area contributed by atoms with E-state index in [1.54, 1.807) is 6.26 Å². The van der Waals surface area contributed by atoms with Crippen LogP contribution >= 0.6 is 0 Å². The van der Waals surface area contributed by atoms with Crippen LogP contribution < -0.4 is 0 Å². The van der Waals surface area contributed by atoms with Gasteiger partial charge in [-0.25, -0.2) is 0 Å². The minimum absolute atomic E-state index is 0.130. The van der Waals surface area contributed by atoms with Gasteiger partial charge in [0.05, 0.1) is 12.2 Å². The first-order valence-corrected chi connectivity index (χ1v) is 8.56. The number of esters is 1. The van der Waals surface area contributed by atoms with Crippen LogP contribution in [0, 0.1) is 30.1 Å². The summed E-state index contributed by atoms with van der Waals surface area (Å²) >= 11 is 0. The Hall–Kier alpha value is -1.58. The molecule has 0 spiro atoms. The fourth-order valence-corrected chi connectivity index (χ4v) is 4.26. The van der Waals surface area contributed by atoms with Crippen LogP contribution in [0.5, 0.6) is 0 Å². The molecule has 3 rings (SSSR count). The summed E-state index contributed by atoms with van der Waals surface area (Å²) in [6, 6.07) is 0. The zero-order valence-corrected chi connectivity index (χ0v) is 14.6. The maximum Gasteiger partial charge on any atom is 0.309 e. The van der Waals surface area contributed by atoms with Crippen molar-refractivity contribution in [2.75, 3.05) is 0 Å². The molecule has 23 heavy (non-hydrogen) atoms. The third-order valence-electron chi connectivity index (χ3n) is 6.05. The van der Waals surface area contributed by atoms with Crippen molar-refractivity contribution < 1.29 is 18.7 Å². The van der Waals surface area contributed by atoms with Crippen molar-refractivity contribution in [3.63, 3.8) is 0 Å². The molecule has 1 fully saturated rings. The first-order valence-electron chi connectivity index (χ1n) is 8.56. The molecule has 0 N–H and O–H groups in total. The Labute approximate surface area is 137 Å². The number of carbonyl (C=O) groups is 2. The number of furan rings is 1. The molecule has 126 valence electrons. The van der Waals surface area contributed by atoms with Gasteiger partial charge in [0.2, 0.25) is 0 Å². The Bertz CT molecular complexity index is 642. The molecular formula is C19H26O4. The predicted molar refractivity (Wildman–Crippen MR) is 85.8 cm³/mol. The van der Waals surface area contributed by atoms with Crippen LogP contribution in [-0.4, -0.2) is 11.8 Å². The Morgan fingerprint density at radius 1 is 1.43 bits per heavy atom. The lowest BCUT2D eigenvalue weighted by Gasteiger charge is -2.51. The average Bonchev–Trinajstić information content (AvgIpc) is 2.86. The first-order chi connectivity index (χ1) is 10.8. The lowest BCUT2D eigenvalue weighted by atomic mass is 9.53. The second kappa shape index (κ2) is 5.50. The Morgan fingerprint density at radius 2 is 2.13 bits per heavy atom. The number of aryl methyl sites for hydroxylation is 1. The number of ketones is 1. The summed E-state index contributed by atoms with van der Waals surface area (Å²) in [5, 5.41) is 0. The van der Waals surface area contributed by atoms with Crippen LogP contribution in [0.4, 0.5) is 0 Å². The molecule has 1 aromatic heterocycles. The van der Waals surface area contributed by atoms with E-state index >= 15 is 0 Å². The molecule has 0 bridgehead atoms. The van der Waals surface area contributed by atoms with Gasteiger partial charge in [-0.2, -0.15) is 0 Å². The molecule has 1 heterocycles. The molecule has 0 aliphatic heterocycles. The van der Waals surface area contributed by atoms with E-state index in [4.69, 9.17) is 9.15 Å². The average molecular weight is 318 g/mol. The number of hydrogen-bond acceptors (Lipinski definition) is 4. The van der Waals surface area contributed by atoms with E-state index in [2.05, 4.69) is 13.8 Å². The van der Waals surface area contributed by atoms with Gasteiger partial charge in [0.15, 0.2) is 0 Å². The highest BCUT2D eigenvalue weighted by Crippen LogP contribution is 2.58. The maximum atomic E-state index is 12.6. The maximum absolute atomic E-state index is 12.6. The van der Waals surface area contributed by atoms with Gasteiger partial charge < -0.3 is 9.15 Å². The lowest BCUT2D eigenvalue weighted by molar-refractivity contribution is -0.176. The molecule has 0 saturated heterocycles. The lowest BCUT2D eigenvalue weighted by Crippen LogP contribution is -2.51. The third kappa shape index (κ3) is 2.34. The monoisotopic (exact) mass is 318 g/mol. The van der Waals surface area contributed by atoms with Crippen LogP contribution in [0.25, 0.3) is 0 Å². The summed E-state index contributed by atoms with van der Waals surface area (Å²) in [5.41, 5.74) is 1.63. The molecule has 4 nitrogen and oxygen atoms in total. The Morgan fingerprint density at radius 3 is 2.78 bits per heavy atom. The van der Waals surface area contributed by atoms with Crippen molar-refractivity contribution in [1.82, 2.24) is 0 Å². The Kier molecular flexibility index (Phi) is 3.89. The van der Waals surface area contributed by atoms with Gasteiger partial charge in [-0.15, -0.1) is 0 Å². The first kappa shape index (κ1) is 16.3. The topological polar surface area (TPSA) is 56.5 Å². The molecule has 1 saturated carbocycles. The van der Waals surface area contributed by atoms with Gasteiger partial charge in [-0.3, -0.25) is 9.59 Å². The second-order valence-corrected chi connectivity index (χ2v) is 7.76. The van der Waals surface area contributed by atoms with Gasteiger partial charge in [0, 0.05) is 29.7 Å². The zero-order chi connectivity index (χ0) is 16.9. The zero-order valence-electron chi connectivity index (χ0n) is 14.6. The van der Waals surface area contributed by atoms with Crippen LogP contribution in [0.1, 0.15) is 63.5 Å². The number of rotatable bonds is 2. The smallest absolute Gasteiger partial charge is 0.309 e. The van der Waals surface area contributed by atoms with Crippen molar-refractivity contribution in [2.24, 2.45) is 23.2 Å². The Balaban J connectivity index is 2.11. The normalized spacial score (nSPS) is 33.3. The summed E-state index contributed by atoms with van der Waals surface area (Å²) in [6.45, 7) is 9.95. The van der Waals surface area contributed by atoms with E-state index in [0.29, 0.717) is 18.8 Å². The summed E-state index contributed by atoms with van der Waals surface area (Å²) < 4.78 is 11.7. The largest absolute Gasteiger partial charge is 0.469 e. The van der Waals surface area contributed by atoms with Gasteiger partial charge in [-0.05, 0) is 24.8 Å². The van der Waals surface area contributed by atoms with E-state index in [1.807, 2.05) is 20.8 Å². The van der Waals surface area contributed by atoms with Crippen molar-refractivity contribution in [2.45, 2.75) is 60.0 Å². The minimum Gasteiger partial charge on any atom is -0.469 e. The molecule has 2 aliphatic rings. The summed E-state index contributed by atoms with van der Waals surface area (Å²) in [6.07, 6.45) is 3.41. The quantitative estimate of drug-likeness (QED) is 0.773. The predicted octanol–water partition coefficient (Wildman–Crippen LogP) is 4.01. The van der Waals surface area contributed by atoms with Gasteiger partial charge in [0.1, 0.15) is 17.6 Å². The summed E-state index contributed by atoms with van der Waals surface area (Å²) in [7, 11) is 0. The SMILES string of the molecule is Cc1coc2c1[C@@H](OC(=O)C(C)C)[C@]1(C)[C@@H](C)CCC(=O)[C@@H]1C2. The van der Waals surface area contributed by atoms with Crippen LogP contribution in [0.2, 0.25) is 0 Å². The van der Waals surface area contributed by atoms with E-state index in [0.717, 1.165) is 23.3 Å². The number of Topliss-reactive ketones (excluding diaryl/α,β-unsaturated/α-hetero) is 1. The fraction of sp³-hybridized carbons (Fsp3) is 0.684. The van der Waals surface area contributed by atoms with E-state index in [1.165, 1.54) is 0 Å². The van der Waals surface area contributed by atoms with Crippen molar-refractivity contribution in [3.05, 3.63) is 23.2 Å². The molecule has 0 amide bonds. The van der Waals surface area contributed by atoms with Gasteiger partial charge in [0.25, 0.3) is 0 Å². The minimum atomic E-state index is -0.399. The van der Waals surface area contributed by atoms with E-state index in [-0.39, 0.29) is 29.0 Å². The highest BCUT2D eigenvalue weighted by Gasteiger charge is 2.57. The molecule has 4 atom stereocenters. The highest BCUT2D eigenvalue weighted by atomic mass is 16.5. The number of fused-ring (bicyclic) bond motifs is 2. The van der Waals surface area contributed by atoms with Gasteiger partial charge >= 0.3 is 5.97 Å². The summed E-state index contributed by atoms with van der Waals surface area (Å²) in [4.78, 5) is 24.9. The summed E-state index contributed by atoms with van der Waals surface area (Å²) in [5.74, 6) is 0.870. The van der Waals surface area contributed by atoms with Crippen LogP contribution in [0.15, 0.2) is 10.7 Å². The molecule has 0 aromatic carbocycles. The number of carbonyl (C=O) groups excluding carboxylic acids is 2. The van der Waals surface area contributed by atoms with Crippen LogP contribution in [0.3, 0.4) is 0 Å². The van der Waals surface area contributed by atoms with Crippen molar-refractivity contribution in [1.29, 1.82) is 0 Å². The number of ether oxygens (including phenoxy) is 1. The molecular weight excluding hydrogens is 292 g/mol. The fourth-order valence-electron chi connectivity index (χ4n) is 4.26. The molecule has 0 unspecified atom stereocenters. The molecule has 1 aromatic rings. The van der Waals surface area contributed by atoms with Crippen molar-refractivity contribution >= 4 is 11.8 Å². The molecule has 4 heteroatoms. The standard InChI is InChI=1S/C19H26O4/c1-10(2)18(21)23-17-16-11(3)9-22-15(16)8-13-14(20)7-6-12(4)19(13,17)5/h9-10,12-13,17H,6-8H2,1-5H3/t12-,13-,17+,19+/m0/s1. The third-order valence-corrected chi connectivity index (χ3v) is 6.05. The number of hydrogen-bond donors (Lipinski definition) is 0. The van der Waals surface area contributed by atoms with E-state index < -0.39 is 6.10 Å². The molecule has 2 aliphatic carbocycles.